The van der Waals surface area contributed by atoms with Crippen LogP contribution >= 0.6 is 0 Å². The number of benzene rings is 4. The maximum Gasteiger partial charge on any atom is 0.116 e. The third-order valence-electron chi connectivity index (χ3n) is 8.11. The zero-order valence-electron chi connectivity index (χ0n) is 25.9. The van der Waals surface area contributed by atoms with Crippen LogP contribution in [0, 0.1) is 0 Å². The van der Waals surface area contributed by atoms with Gasteiger partial charge in [-0.25, -0.2) is 0 Å². The summed E-state index contributed by atoms with van der Waals surface area (Å²) in [6, 6.07) is 40.7. The predicted molar refractivity (Wildman–Crippen MR) is 178 cm³/mol. The van der Waals surface area contributed by atoms with E-state index in [-0.39, 0.29) is 0 Å². The molecular formula is C40H44O5. The first kappa shape index (κ1) is 32.6. The highest BCUT2D eigenvalue weighted by Gasteiger charge is 2.55. The third kappa shape index (κ3) is 9.10. The molecule has 0 radical (unpaired) electrons. The maximum atomic E-state index is 7.08. The average Bonchev–Trinajstić information content (AvgIpc) is 3.08. The van der Waals surface area contributed by atoms with Crippen LogP contribution in [-0.4, -0.2) is 36.6 Å². The van der Waals surface area contributed by atoms with Gasteiger partial charge in [-0.15, -0.1) is 13.2 Å². The molecule has 234 valence electrons. The monoisotopic (exact) mass is 604 g/mol. The molecule has 0 unspecified atom stereocenters. The second kappa shape index (κ2) is 17.0. The second-order valence-electron chi connectivity index (χ2n) is 11.4. The van der Waals surface area contributed by atoms with Gasteiger partial charge < -0.3 is 23.7 Å². The van der Waals surface area contributed by atoms with Gasteiger partial charge in [-0.05, 0) is 35.1 Å². The van der Waals surface area contributed by atoms with Crippen LogP contribution in [-0.2, 0) is 50.1 Å². The molecule has 0 saturated carbocycles. The molecule has 0 aromatic heterocycles. The zero-order valence-corrected chi connectivity index (χ0v) is 25.9. The Labute approximate surface area is 268 Å². The van der Waals surface area contributed by atoms with Gasteiger partial charge in [0, 0.05) is 0 Å². The van der Waals surface area contributed by atoms with Crippen molar-refractivity contribution in [2.45, 2.75) is 69.3 Å². The van der Waals surface area contributed by atoms with E-state index in [4.69, 9.17) is 23.7 Å². The van der Waals surface area contributed by atoms with Crippen LogP contribution in [0.5, 0.6) is 0 Å². The molecule has 0 amide bonds. The van der Waals surface area contributed by atoms with Crippen molar-refractivity contribution in [3.63, 3.8) is 0 Å². The van der Waals surface area contributed by atoms with Gasteiger partial charge in [0.2, 0.25) is 0 Å². The Morgan fingerprint density at radius 1 is 0.533 bits per heavy atom. The van der Waals surface area contributed by atoms with E-state index in [0.717, 1.165) is 22.3 Å². The molecule has 1 heterocycles. The van der Waals surface area contributed by atoms with Gasteiger partial charge in [0.05, 0.1) is 33.0 Å². The first-order valence-electron chi connectivity index (χ1n) is 15.7. The van der Waals surface area contributed by atoms with Gasteiger partial charge in [0.1, 0.15) is 30.0 Å². The molecule has 1 saturated heterocycles. The van der Waals surface area contributed by atoms with Crippen molar-refractivity contribution in [2.24, 2.45) is 0 Å². The normalized spacial score (nSPS) is 20.8. The minimum Gasteiger partial charge on any atom is -0.374 e. The van der Waals surface area contributed by atoms with Crippen molar-refractivity contribution in [3.8, 4) is 0 Å². The van der Waals surface area contributed by atoms with Gasteiger partial charge in [-0.1, -0.05) is 133 Å². The summed E-state index contributed by atoms with van der Waals surface area (Å²) in [5, 5.41) is 0. The van der Waals surface area contributed by atoms with Crippen LogP contribution in [0.2, 0.25) is 0 Å². The summed E-state index contributed by atoms with van der Waals surface area (Å²) in [7, 11) is 0. The largest absolute Gasteiger partial charge is 0.374 e. The van der Waals surface area contributed by atoms with E-state index >= 15 is 0 Å². The molecule has 0 spiro atoms. The van der Waals surface area contributed by atoms with Gasteiger partial charge in [0.15, 0.2) is 0 Å². The molecule has 0 aliphatic carbocycles. The number of ether oxygens (including phenoxy) is 5. The van der Waals surface area contributed by atoms with E-state index in [1.165, 1.54) is 0 Å². The molecule has 5 nitrogen and oxygen atoms in total. The summed E-state index contributed by atoms with van der Waals surface area (Å²) in [6.07, 6.45) is 3.00. The van der Waals surface area contributed by atoms with Crippen molar-refractivity contribution in [3.05, 3.63) is 169 Å². The Bertz CT molecular complexity index is 1400. The van der Waals surface area contributed by atoms with Crippen LogP contribution in [0.25, 0.3) is 0 Å². The summed E-state index contributed by atoms with van der Waals surface area (Å²) in [5.41, 5.74) is 3.52. The molecule has 4 aromatic carbocycles. The van der Waals surface area contributed by atoms with Gasteiger partial charge >= 0.3 is 0 Å². The topological polar surface area (TPSA) is 46.2 Å². The fraction of sp³-hybridized carbons (Fsp3) is 0.300. The highest BCUT2D eigenvalue weighted by atomic mass is 16.6. The summed E-state index contributed by atoms with van der Waals surface area (Å²) < 4.78 is 33.8. The minimum absolute atomic E-state index is 0.320. The number of hydrogen-bond donors (Lipinski definition) is 0. The Kier molecular flexibility index (Phi) is 12.3. The lowest BCUT2D eigenvalue weighted by molar-refractivity contribution is -0.307. The first-order chi connectivity index (χ1) is 22.2. The number of rotatable bonds is 17. The van der Waals surface area contributed by atoms with E-state index in [0.29, 0.717) is 45.9 Å². The van der Waals surface area contributed by atoms with Crippen molar-refractivity contribution in [1.82, 2.24) is 0 Å². The standard InChI is InChI=1S/C40H44O5/c1-3-25-40(26-4-2)39(44-30-35-23-15-8-16-24-35)38(43-29-34-21-13-7-14-22-34)37(42-28-33-19-11-6-12-20-33)36(45-40)31-41-27-32-17-9-5-10-18-32/h3-24,36-39H,1-2,25-31H2/t36-,37-,38+,39-/m1/s1. The van der Waals surface area contributed by atoms with E-state index in [1.807, 2.05) is 84.9 Å². The van der Waals surface area contributed by atoms with Crippen LogP contribution < -0.4 is 0 Å². The molecule has 5 rings (SSSR count). The van der Waals surface area contributed by atoms with E-state index < -0.39 is 30.0 Å². The molecule has 1 aliphatic rings. The summed E-state index contributed by atoms with van der Waals surface area (Å²) in [6.45, 7) is 10.2. The van der Waals surface area contributed by atoms with E-state index in [1.54, 1.807) is 0 Å². The van der Waals surface area contributed by atoms with Crippen molar-refractivity contribution in [2.75, 3.05) is 6.61 Å². The van der Waals surface area contributed by atoms with Gasteiger partial charge in [-0.3, -0.25) is 0 Å². The van der Waals surface area contributed by atoms with E-state index in [2.05, 4.69) is 61.7 Å². The van der Waals surface area contributed by atoms with Gasteiger partial charge in [0.25, 0.3) is 0 Å². The molecular weight excluding hydrogens is 560 g/mol. The number of hydrogen-bond acceptors (Lipinski definition) is 5. The smallest absolute Gasteiger partial charge is 0.116 e. The molecule has 45 heavy (non-hydrogen) atoms. The van der Waals surface area contributed by atoms with Crippen molar-refractivity contribution < 1.29 is 23.7 Å². The molecule has 4 aromatic rings. The zero-order chi connectivity index (χ0) is 31.2. The minimum atomic E-state index is -0.785. The summed E-state index contributed by atoms with van der Waals surface area (Å²) >= 11 is 0. The van der Waals surface area contributed by atoms with Crippen LogP contribution in [0.3, 0.4) is 0 Å². The summed E-state index contributed by atoms with van der Waals surface area (Å²) in [4.78, 5) is 0. The van der Waals surface area contributed by atoms with Crippen LogP contribution in [0.4, 0.5) is 0 Å². The summed E-state index contributed by atoms with van der Waals surface area (Å²) in [5.74, 6) is 0. The molecule has 1 aliphatic heterocycles. The van der Waals surface area contributed by atoms with Crippen molar-refractivity contribution >= 4 is 0 Å². The fourth-order valence-corrected chi connectivity index (χ4v) is 5.94. The lowest BCUT2D eigenvalue weighted by Crippen LogP contribution is -2.66. The average molecular weight is 605 g/mol. The second-order valence-corrected chi connectivity index (χ2v) is 11.4. The molecule has 0 bridgehead atoms. The Balaban J connectivity index is 1.49. The lowest BCUT2D eigenvalue weighted by atomic mass is 9.79. The molecule has 1 fully saturated rings. The quantitative estimate of drug-likeness (QED) is 0.114. The van der Waals surface area contributed by atoms with Crippen LogP contribution in [0.1, 0.15) is 35.1 Å². The Morgan fingerprint density at radius 2 is 0.933 bits per heavy atom. The predicted octanol–water partition coefficient (Wildman–Crippen LogP) is 8.25. The van der Waals surface area contributed by atoms with Crippen LogP contribution in [0.15, 0.2) is 147 Å². The molecule has 5 heteroatoms. The Morgan fingerprint density at radius 3 is 1.38 bits per heavy atom. The van der Waals surface area contributed by atoms with Gasteiger partial charge in [-0.2, -0.15) is 0 Å². The third-order valence-corrected chi connectivity index (χ3v) is 8.11. The SMILES string of the molecule is C=CCC1(CC=C)O[C@H](COCc2ccccc2)[C@@H](OCc2ccccc2)[C@H](OCc2ccccc2)[C@H]1OCc1ccccc1. The maximum absolute atomic E-state index is 7.08. The Hall–Kier alpha value is -3.84. The van der Waals surface area contributed by atoms with Crippen molar-refractivity contribution in [1.29, 1.82) is 0 Å². The van der Waals surface area contributed by atoms with E-state index in [9.17, 15) is 0 Å². The first-order valence-corrected chi connectivity index (χ1v) is 15.7. The lowest BCUT2D eigenvalue weighted by Gasteiger charge is -2.52. The highest BCUT2D eigenvalue weighted by Crippen LogP contribution is 2.41. The molecule has 0 N–H and O–H groups in total. The fourth-order valence-electron chi connectivity index (χ4n) is 5.94. The molecule has 4 atom stereocenters. The highest BCUT2D eigenvalue weighted by molar-refractivity contribution is 5.18.